The fourth-order valence-corrected chi connectivity index (χ4v) is 3.65. The van der Waals surface area contributed by atoms with Gasteiger partial charge in [-0.2, -0.15) is 0 Å². The summed E-state index contributed by atoms with van der Waals surface area (Å²) in [5, 5.41) is 17.5. The van der Waals surface area contributed by atoms with E-state index in [0.29, 0.717) is 0 Å². The lowest BCUT2D eigenvalue weighted by Crippen LogP contribution is -1.99. The fourth-order valence-electron chi connectivity index (χ4n) is 2.93. The number of benzene rings is 3. The van der Waals surface area contributed by atoms with E-state index >= 15 is 0 Å². The van der Waals surface area contributed by atoms with E-state index in [1.807, 2.05) is 41.8 Å². The van der Waals surface area contributed by atoms with E-state index < -0.39 is 6.10 Å². The molecule has 1 heterocycles. The SMILES string of the molecule is OC(c1cccs1)c1c2ccccc2cc2ccccc12. The van der Waals surface area contributed by atoms with Crippen LogP contribution >= 0.6 is 11.3 Å². The molecular weight excluding hydrogens is 276 g/mol. The highest BCUT2D eigenvalue weighted by atomic mass is 32.1. The molecule has 0 fully saturated rings. The second-order valence-electron chi connectivity index (χ2n) is 5.15. The zero-order chi connectivity index (χ0) is 14.2. The van der Waals surface area contributed by atoms with Gasteiger partial charge in [-0.15, -0.1) is 11.3 Å². The van der Waals surface area contributed by atoms with Gasteiger partial charge in [0.2, 0.25) is 0 Å². The molecule has 2 heteroatoms. The van der Waals surface area contributed by atoms with Crippen molar-refractivity contribution in [3.63, 3.8) is 0 Å². The molecule has 0 bridgehead atoms. The van der Waals surface area contributed by atoms with Gasteiger partial charge in [-0.1, -0.05) is 54.6 Å². The average molecular weight is 290 g/mol. The molecule has 0 spiro atoms. The van der Waals surface area contributed by atoms with Gasteiger partial charge in [-0.25, -0.2) is 0 Å². The summed E-state index contributed by atoms with van der Waals surface area (Å²) >= 11 is 1.59. The summed E-state index contributed by atoms with van der Waals surface area (Å²) in [5.41, 5.74) is 1.01. The van der Waals surface area contributed by atoms with Crippen LogP contribution in [0.25, 0.3) is 21.5 Å². The molecule has 0 saturated heterocycles. The summed E-state index contributed by atoms with van der Waals surface area (Å²) in [6, 6.07) is 22.7. The molecule has 102 valence electrons. The van der Waals surface area contributed by atoms with E-state index in [1.165, 1.54) is 10.8 Å². The quantitative estimate of drug-likeness (QED) is 0.507. The smallest absolute Gasteiger partial charge is 0.114 e. The first-order chi connectivity index (χ1) is 10.3. The Morgan fingerprint density at radius 2 is 1.38 bits per heavy atom. The van der Waals surface area contributed by atoms with Crippen LogP contribution in [0.2, 0.25) is 0 Å². The van der Waals surface area contributed by atoms with E-state index in [0.717, 1.165) is 21.2 Å². The standard InChI is InChI=1S/C19H14OS/c20-19(17-10-5-11-21-17)18-15-8-3-1-6-13(15)12-14-7-2-4-9-16(14)18/h1-12,19-20H. The van der Waals surface area contributed by atoms with Gasteiger partial charge < -0.3 is 5.11 Å². The summed E-state index contributed by atoms with van der Waals surface area (Å²) in [4.78, 5) is 0.983. The highest BCUT2D eigenvalue weighted by Crippen LogP contribution is 2.36. The molecule has 21 heavy (non-hydrogen) atoms. The molecule has 1 unspecified atom stereocenters. The van der Waals surface area contributed by atoms with Crippen molar-refractivity contribution >= 4 is 32.9 Å². The molecule has 3 aromatic carbocycles. The van der Waals surface area contributed by atoms with Gasteiger partial charge in [-0.05, 0) is 39.1 Å². The van der Waals surface area contributed by atoms with E-state index in [-0.39, 0.29) is 0 Å². The first-order valence-corrected chi connectivity index (χ1v) is 7.84. The number of thiophene rings is 1. The summed E-state index contributed by atoms with van der Waals surface area (Å²) in [5.74, 6) is 0. The van der Waals surface area contributed by atoms with Crippen LogP contribution in [0.15, 0.2) is 72.1 Å². The van der Waals surface area contributed by atoms with Crippen molar-refractivity contribution < 1.29 is 5.11 Å². The number of hydrogen-bond donors (Lipinski definition) is 1. The Labute approximate surface area is 127 Å². The minimum atomic E-state index is -0.582. The monoisotopic (exact) mass is 290 g/mol. The Morgan fingerprint density at radius 3 is 1.95 bits per heavy atom. The number of rotatable bonds is 2. The number of hydrogen-bond acceptors (Lipinski definition) is 2. The normalized spacial score (nSPS) is 12.8. The van der Waals surface area contributed by atoms with Crippen LogP contribution in [-0.2, 0) is 0 Å². The van der Waals surface area contributed by atoms with E-state index in [9.17, 15) is 5.11 Å². The van der Waals surface area contributed by atoms with Crippen LogP contribution in [-0.4, -0.2) is 5.11 Å². The van der Waals surface area contributed by atoms with Crippen LogP contribution in [0.1, 0.15) is 16.5 Å². The Kier molecular flexibility index (Phi) is 2.99. The van der Waals surface area contributed by atoms with E-state index in [1.54, 1.807) is 11.3 Å². The van der Waals surface area contributed by atoms with Crippen molar-refractivity contribution in [1.29, 1.82) is 0 Å². The highest BCUT2D eigenvalue weighted by molar-refractivity contribution is 7.10. The van der Waals surface area contributed by atoms with Gasteiger partial charge in [0.05, 0.1) is 0 Å². The largest absolute Gasteiger partial charge is 0.383 e. The summed E-state index contributed by atoms with van der Waals surface area (Å²) in [6.45, 7) is 0. The molecule has 0 saturated carbocycles. The Hall–Kier alpha value is -2.16. The molecule has 0 aliphatic carbocycles. The maximum Gasteiger partial charge on any atom is 0.114 e. The lowest BCUT2D eigenvalue weighted by Gasteiger charge is -2.16. The maximum absolute atomic E-state index is 10.9. The molecule has 1 atom stereocenters. The zero-order valence-electron chi connectivity index (χ0n) is 11.4. The zero-order valence-corrected chi connectivity index (χ0v) is 12.2. The van der Waals surface area contributed by atoms with Crippen molar-refractivity contribution in [2.45, 2.75) is 6.10 Å². The van der Waals surface area contributed by atoms with Crippen molar-refractivity contribution in [3.05, 3.63) is 82.6 Å². The molecule has 0 amide bonds. The Morgan fingerprint density at radius 1 is 0.762 bits per heavy atom. The van der Waals surface area contributed by atoms with Crippen LogP contribution in [0.3, 0.4) is 0 Å². The van der Waals surface area contributed by atoms with Crippen molar-refractivity contribution in [1.82, 2.24) is 0 Å². The van der Waals surface area contributed by atoms with Gasteiger partial charge in [0.15, 0.2) is 0 Å². The van der Waals surface area contributed by atoms with Gasteiger partial charge in [-0.3, -0.25) is 0 Å². The third kappa shape index (κ3) is 2.04. The Bertz CT molecular complexity index is 855. The molecule has 1 nitrogen and oxygen atoms in total. The molecule has 0 radical (unpaired) electrons. The summed E-state index contributed by atoms with van der Waals surface area (Å²) < 4.78 is 0. The van der Waals surface area contributed by atoms with Crippen LogP contribution in [0.4, 0.5) is 0 Å². The van der Waals surface area contributed by atoms with E-state index in [4.69, 9.17) is 0 Å². The first-order valence-electron chi connectivity index (χ1n) is 6.96. The van der Waals surface area contributed by atoms with E-state index in [2.05, 4.69) is 30.3 Å². The molecule has 0 aliphatic heterocycles. The summed E-state index contributed by atoms with van der Waals surface area (Å²) in [6.07, 6.45) is -0.582. The first kappa shape index (κ1) is 12.6. The lowest BCUT2D eigenvalue weighted by atomic mass is 9.93. The van der Waals surface area contributed by atoms with Gasteiger partial charge in [0.25, 0.3) is 0 Å². The number of fused-ring (bicyclic) bond motifs is 2. The predicted octanol–water partition coefficient (Wildman–Crippen LogP) is 5.14. The average Bonchev–Trinajstić information content (AvgIpc) is 3.06. The van der Waals surface area contributed by atoms with Crippen molar-refractivity contribution in [3.8, 4) is 0 Å². The molecular formula is C19H14OS. The lowest BCUT2D eigenvalue weighted by molar-refractivity contribution is 0.227. The Balaban J connectivity index is 2.11. The van der Waals surface area contributed by atoms with Crippen LogP contribution in [0.5, 0.6) is 0 Å². The molecule has 1 N–H and O–H groups in total. The highest BCUT2D eigenvalue weighted by Gasteiger charge is 2.17. The molecule has 0 aliphatic rings. The number of aliphatic hydroxyl groups is 1. The number of aliphatic hydroxyl groups excluding tert-OH is 1. The second kappa shape index (κ2) is 4.99. The molecule has 4 rings (SSSR count). The minimum absolute atomic E-state index is 0.582. The third-order valence-corrected chi connectivity index (χ3v) is 4.82. The molecule has 1 aromatic heterocycles. The van der Waals surface area contributed by atoms with Crippen LogP contribution in [0, 0.1) is 0 Å². The molecule has 4 aromatic rings. The fraction of sp³-hybridized carbons (Fsp3) is 0.0526. The van der Waals surface area contributed by atoms with Crippen molar-refractivity contribution in [2.24, 2.45) is 0 Å². The van der Waals surface area contributed by atoms with Gasteiger partial charge in [0.1, 0.15) is 6.10 Å². The van der Waals surface area contributed by atoms with Crippen LogP contribution < -0.4 is 0 Å². The third-order valence-electron chi connectivity index (χ3n) is 3.90. The van der Waals surface area contributed by atoms with Gasteiger partial charge in [0, 0.05) is 10.4 Å². The van der Waals surface area contributed by atoms with Gasteiger partial charge >= 0.3 is 0 Å². The predicted molar refractivity (Wildman–Crippen MR) is 89.8 cm³/mol. The minimum Gasteiger partial charge on any atom is -0.383 e. The summed E-state index contributed by atoms with van der Waals surface area (Å²) in [7, 11) is 0. The van der Waals surface area contributed by atoms with Crippen molar-refractivity contribution in [2.75, 3.05) is 0 Å². The topological polar surface area (TPSA) is 20.2 Å². The maximum atomic E-state index is 10.9. The second-order valence-corrected chi connectivity index (χ2v) is 6.13.